The molecule has 3 N–H and O–H groups in total. The Morgan fingerprint density at radius 3 is 2.58 bits per heavy atom. The second-order valence-corrected chi connectivity index (χ2v) is 7.79. The van der Waals surface area contributed by atoms with Gasteiger partial charge < -0.3 is 16.0 Å². The Bertz CT molecular complexity index is 547. The van der Waals surface area contributed by atoms with Crippen molar-refractivity contribution in [2.45, 2.75) is 57.4 Å². The van der Waals surface area contributed by atoms with Crippen molar-refractivity contribution in [1.29, 1.82) is 0 Å². The average molecular weight is 329 g/mol. The first kappa shape index (κ1) is 17.4. The van der Waals surface area contributed by atoms with Crippen LogP contribution in [0.4, 0.5) is 5.69 Å². The van der Waals surface area contributed by atoms with Crippen molar-refractivity contribution in [3.63, 3.8) is 0 Å². The van der Waals surface area contributed by atoms with E-state index in [-0.39, 0.29) is 17.4 Å². The van der Waals surface area contributed by atoms with Crippen molar-refractivity contribution in [2.24, 2.45) is 11.7 Å². The Kier molecular flexibility index (Phi) is 5.57. The van der Waals surface area contributed by atoms with Crippen LogP contribution in [0, 0.1) is 5.92 Å². The van der Waals surface area contributed by atoms with E-state index >= 15 is 0 Å². The molecule has 1 aromatic carbocycles. The third kappa shape index (κ3) is 4.37. The number of likely N-dealkylation sites (tertiary alicyclic amines) is 1. The lowest BCUT2D eigenvalue weighted by Crippen LogP contribution is -2.51. The predicted octanol–water partition coefficient (Wildman–Crippen LogP) is 3.17. The van der Waals surface area contributed by atoms with Crippen LogP contribution in [0.1, 0.15) is 51.0 Å². The van der Waals surface area contributed by atoms with Crippen LogP contribution in [-0.4, -0.2) is 36.0 Å². The molecule has 0 bridgehead atoms. The number of nitrogens with one attached hydrogen (secondary N) is 1. The summed E-state index contributed by atoms with van der Waals surface area (Å²) in [7, 11) is 0. The van der Waals surface area contributed by atoms with Gasteiger partial charge in [0.1, 0.15) is 0 Å². The Morgan fingerprint density at radius 1 is 1.21 bits per heavy atom. The molecule has 4 heteroatoms. The van der Waals surface area contributed by atoms with E-state index in [2.05, 4.69) is 22.3 Å². The molecule has 2 atom stereocenters. The van der Waals surface area contributed by atoms with Gasteiger partial charge in [0.2, 0.25) is 5.91 Å². The highest BCUT2D eigenvalue weighted by Gasteiger charge is 2.37. The Balaban J connectivity index is 1.52. The third-order valence-electron chi connectivity index (χ3n) is 5.71. The summed E-state index contributed by atoms with van der Waals surface area (Å²) in [5.41, 5.74) is 8.17. The number of nitrogens with two attached hydrogens (primary N) is 1. The van der Waals surface area contributed by atoms with E-state index < -0.39 is 0 Å². The molecule has 1 aliphatic carbocycles. The number of carbonyl (C=O) groups is 1. The molecule has 132 valence electrons. The number of rotatable bonds is 5. The van der Waals surface area contributed by atoms with E-state index in [0.717, 1.165) is 44.3 Å². The molecule has 2 aliphatic rings. The van der Waals surface area contributed by atoms with Crippen LogP contribution in [0.2, 0.25) is 0 Å². The highest BCUT2D eigenvalue weighted by atomic mass is 16.1. The molecule has 1 aromatic rings. The van der Waals surface area contributed by atoms with Crippen LogP contribution < -0.4 is 11.1 Å². The van der Waals surface area contributed by atoms with E-state index in [9.17, 15) is 4.79 Å². The molecule has 2 fully saturated rings. The minimum atomic E-state index is -0.377. The van der Waals surface area contributed by atoms with E-state index in [1.165, 1.54) is 31.5 Å². The molecule has 1 saturated heterocycles. The molecule has 0 radical (unpaired) electrons. The van der Waals surface area contributed by atoms with Crippen LogP contribution in [0.5, 0.6) is 0 Å². The number of nitrogens with zero attached hydrogens (tertiary/aromatic N) is 1. The standard InChI is InChI=1S/C20H31N3O/c1-20(21)12-3-2-6-18(20)19(24)22-17-9-7-16(8-10-17)11-15-23-13-4-5-14-23/h7-10,18H,2-6,11-15,21H2,1H3,(H,22,24). The summed E-state index contributed by atoms with van der Waals surface area (Å²) >= 11 is 0. The van der Waals surface area contributed by atoms with Crippen molar-refractivity contribution in [3.8, 4) is 0 Å². The zero-order valence-electron chi connectivity index (χ0n) is 14.9. The van der Waals surface area contributed by atoms with Crippen molar-refractivity contribution in [3.05, 3.63) is 29.8 Å². The molecule has 0 aromatic heterocycles. The lowest BCUT2D eigenvalue weighted by molar-refractivity contribution is -0.122. The van der Waals surface area contributed by atoms with Crippen molar-refractivity contribution in [1.82, 2.24) is 4.90 Å². The maximum atomic E-state index is 12.6. The Labute approximate surface area is 145 Å². The largest absolute Gasteiger partial charge is 0.326 e. The first-order valence-electron chi connectivity index (χ1n) is 9.46. The van der Waals surface area contributed by atoms with E-state index in [0.29, 0.717) is 0 Å². The number of amides is 1. The normalized spacial score (nSPS) is 28.0. The van der Waals surface area contributed by atoms with Crippen molar-refractivity contribution in [2.75, 3.05) is 25.0 Å². The molecule has 1 aliphatic heterocycles. The van der Waals surface area contributed by atoms with E-state index in [1.807, 2.05) is 19.1 Å². The maximum absolute atomic E-state index is 12.6. The molecule has 1 amide bonds. The minimum Gasteiger partial charge on any atom is -0.326 e. The van der Waals surface area contributed by atoms with Gasteiger partial charge in [0.25, 0.3) is 0 Å². The fourth-order valence-corrected chi connectivity index (χ4v) is 4.07. The molecule has 2 unspecified atom stereocenters. The fraction of sp³-hybridized carbons (Fsp3) is 0.650. The van der Waals surface area contributed by atoms with Gasteiger partial charge in [0, 0.05) is 17.8 Å². The lowest BCUT2D eigenvalue weighted by Gasteiger charge is -2.37. The van der Waals surface area contributed by atoms with Gasteiger partial charge in [-0.05, 0) is 69.8 Å². The van der Waals surface area contributed by atoms with E-state index in [1.54, 1.807) is 0 Å². The lowest BCUT2D eigenvalue weighted by atomic mass is 9.74. The van der Waals surface area contributed by atoms with Crippen LogP contribution in [0.25, 0.3) is 0 Å². The summed E-state index contributed by atoms with van der Waals surface area (Å²) in [6.45, 7) is 5.64. The first-order valence-corrected chi connectivity index (χ1v) is 9.46. The van der Waals surface area contributed by atoms with Crippen molar-refractivity contribution >= 4 is 11.6 Å². The fourth-order valence-electron chi connectivity index (χ4n) is 4.07. The molecule has 0 spiro atoms. The van der Waals surface area contributed by atoms with Crippen LogP contribution in [0.3, 0.4) is 0 Å². The summed E-state index contributed by atoms with van der Waals surface area (Å²) in [4.78, 5) is 15.1. The maximum Gasteiger partial charge on any atom is 0.229 e. The second kappa shape index (κ2) is 7.66. The van der Waals surface area contributed by atoms with Crippen molar-refractivity contribution < 1.29 is 4.79 Å². The topological polar surface area (TPSA) is 58.4 Å². The minimum absolute atomic E-state index is 0.0736. The molecule has 3 rings (SSSR count). The van der Waals surface area contributed by atoms with Gasteiger partial charge >= 0.3 is 0 Å². The number of benzene rings is 1. The number of carbonyl (C=O) groups excluding carboxylic acids is 1. The number of hydrogen-bond donors (Lipinski definition) is 2. The summed E-state index contributed by atoms with van der Waals surface area (Å²) in [6.07, 6.45) is 7.81. The average Bonchev–Trinajstić information content (AvgIpc) is 3.07. The summed E-state index contributed by atoms with van der Waals surface area (Å²) in [5, 5.41) is 3.06. The molecule has 24 heavy (non-hydrogen) atoms. The Hall–Kier alpha value is -1.39. The SMILES string of the molecule is CC1(N)CCCCC1C(=O)Nc1ccc(CCN2CCCC2)cc1. The third-order valence-corrected chi connectivity index (χ3v) is 5.71. The highest BCUT2D eigenvalue weighted by molar-refractivity contribution is 5.93. The molecule has 1 heterocycles. The Morgan fingerprint density at radius 2 is 1.92 bits per heavy atom. The van der Waals surface area contributed by atoms with Gasteiger partial charge in [-0.25, -0.2) is 0 Å². The zero-order valence-corrected chi connectivity index (χ0v) is 14.9. The molecular weight excluding hydrogens is 298 g/mol. The zero-order chi connectivity index (χ0) is 17.0. The van der Waals surface area contributed by atoms with Gasteiger partial charge in [0.05, 0.1) is 5.92 Å². The molecular formula is C20H31N3O. The van der Waals surface area contributed by atoms with Gasteiger partial charge in [-0.3, -0.25) is 4.79 Å². The number of anilines is 1. The summed E-state index contributed by atoms with van der Waals surface area (Å²) in [5.74, 6) is -0.00869. The first-order chi connectivity index (χ1) is 11.5. The smallest absolute Gasteiger partial charge is 0.229 e. The number of hydrogen-bond acceptors (Lipinski definition) is 3. The predicted molar refractivity (Wildman–Crippen MR) is 99.0 cm³/mol. The van der Waals surface area contributed by atoms with Gasteiger partial charge in [-0.1, -0.05) is 25.0 Å². The quantitative estimate of drug-likeness (QED) is 0.872. The second-order valence-electron chi connectivity index (χ2n) is 7.79. The highest BCUT2D eigenvalue weighted by Crippen LogP contribution is 2.32. The summed E-state index contributed by atoms with van der Waals surface area (Å²) < 4.78 is 0. The van der Waals surface area contributed by atoms with Gasteiger partial charge in [0.15, 0.2) is 0 Å². The molecule has 4 nitrogen and oxygen atoms in total. The van der Waals surface area contributed by atoms with E-state index in [4.69, 9.17) is 5.73 Å². The van der Waals surface area contributed by atoms with Gasteiger partial charge in [-0.15, -0.1) is 0 Å². The molecule has 1 saturated carbocycles. The van der Waals surface area contributed by atoms with Crippen LogP contribution in [0.15, 0.2) is 24.3 Å². The van der Waals surface area contributed by atoms with Crippen LogP contribution in [-0.2, 0) is 11.2 Å². The summed E-state index contributed by atoms with van der Waals surface area (Å²) in [6, 6.07) is 8.31. The monoisotopic (exact) mass is 329 g/mol. The van der Waals surface area contributed by atoms with Gasteiger partial charge in [-0.2, -0.15) is 0 Å². The van der Waals surface area contributed by atoms with Crippen LogP contribution >= 0.6 is 0 Å².